The molecule has 4 aliphatic heterocycles. The summed E-state index contributed by atoms with van der Waals surface area (Å²) in [6.45, 7) is 26.7. The Balaban J connectivity index is 0.000000318. The number of rotatable bonds is 8. The Bertz CT molecular complexity index is 2480. The molecule has 0 radical (unpaired) electrons. The zero-order chi connectivity index (χ0) is 46.7. The van der Waals surface area contributed by atoms with E-state index in [1.54, 1.807) is 64.1 Å². The summed E-state index contributed by atoms with van der Waals surface area (Å²) in [5.41, 5.74) is 8.61. The van der Waals surface area contributed by atoms with Crippen molar-refractivity contribution in [3.8, 4) is 0 Å². The first-order valence-corrected chi connectivity index (χ1v) is 22.6. The number of hydrogen-bond acceptors (Lipinski definition) is 11. The average molecular weight is 930 g/mol. The first kappa shape index (κ1) is 53.2. The summed E-state index contributed by atoms with van der Waals surface area (Å²) in [6, 6.07) is 6.08. The Hall–Kier alpha value is -4.13. The Kier molecular flexibility index (Phi) is 17.2. The molecule has 18 nitrogen and oxygen atoms in total. The molecule has 0 aliphatic carbocycles. The van der Waals surface area contributed by atoms with Crippen molar-refractivity contribution in [3.05, 3.63) is 86.5 Å². The van der Waals surface area contributed by atoms with Crippen molar-refractivity contribution in [1.29, 1.82) is 5.26 Å². The molecule has 6 rings (SSSR count). The van der Waals surface area contributed by atoms with Crippen LogP contribution in [0.15, 0.2) is 35.1 Å². The molecule has 332 valence electrons. The van der Waals surface area contributed by atoms with Crippen LogP contribution in [0.5, 0.6) is 0 Å². The van der Waals surface area contributed by atoms with Crippen LogP contribution in [-0.2, 0) is 34.4 Å². The topological polar surface area (TPSA) is 245 Å². The van der Waals surface area contributed by atoms with Gasteiger partial charge in [0.1, 0.15) is 16.9 Å². The number of aryl methyl sites for hydroxylation is 4. The van der Waals surface area contributed by atoms with Crippen molar-refractivity contribution in [3.63, 3.8) is 0 Å². The van der Waals surface area contributed by atoms with E-state index in [1.165, 1.54) is 23.8 Å². The van der Waals surface area contributed by atoms with Crippen LogP contribution in [0.1, 0.15) is 86.8 Å². The summed E-state index contributed by atoms with van der Waals surface area (Å²) in [6.07, 6.45) is 4.16. The van der Waals surface area contributed by atoms with Crippen LogP contribution < -0.4 is 77.6 Å². The third-order valence-electron chi connectivity index (χ3n) is 11.4. The van der Waals surface area contributed by atoms with Crippen LogP contribution in [-0.4, -0.2) is 98.0 Å². The Morgan fingerprint density at radius 1 is 0.651 bits per heavy atom. The van der Waals surface area contributed by atoms with E-state index in [2.05, 4.69) is 15.5 Å². The average Bonchev–Trinajstić information content (AvgIpc) is 3.52. The monoisotopic (exact) mass is 929 g/mol. The molecule has 4 heterocycles. The third-order valence-corrected chi connectivity index (χ3v) is 14.5. The summed E-state index contributed by atoms with van der Waals surface area (Å²) < 4.78 is 53.2. The molecule has 4 aliphatic rings. The van der Waals surface area contributed by atoms with Crippen molar-refractivity contribution in [2.45, 2.75) is 97.8 Å². The fourth-order valence-corrected chi connectivity index (χ4v) is 9.94. The maximum absolute atomic E-state index is 12.7. The number of carbonyl (C=O) groups excluding carboxylic acids is 5. The number of piperidine rings is 2. The first-order valence-electron chi connectivity index (χ1n) is 19.6. The summed E-state index contributed by atoms with van der Waals surface area (Å²) in [5, 5.41) is 13.2. The van der Waals surface area contributed by atoms with Crippen LogP contribution in [0.3, 0.4) is 0 Å². The van der Waals surface area contributed by atoms with E-state index in [-0.39, 0.29) is 108 Å². The van der Waals surface area contributed by atoms with E-state index in [4.69, 9.17) is 24.1 Å². The summed E-state index contributed by atoms with van der Waals surface area (Å²) in [5.74, 6) is -0.660. The molecule has 0 atom stereocenters. The molecule has 63 heavy (non-hydrogen) atoms. The van der Waals surface area contributed by atoms with Crippen molar-refractivity contribution in [2.75, 3.05) is 36.0 Å². The van der Waals surface area contributed by atoms with E-state index in [9.17, 15) is 40.8 Å². The van der Waals surface area contributed by atoms with Crippen LogP contribution in [0.4, 0.5) is 21.0 Å². The van der Waals surface area contributed by atoms with Crippen LogP contribution >= 0.6 is 0 Å². The van der Waals surface area contributed by atoms with Gasteiger partial charge in [0.15, 0.2) is 0 Å². The van der Waals surface area contributed by atoms with Gasteiger partial charge in [-0.2, -0.15) is 8.61 Å². The quantitative estimate of drug-likeness (QED) is 0.194. The normalized spacial score (nSPS) is 20.0. The molecule has 0 spiro atoms. The number of imide groups is 2. The summed E-state index contributed by atoms with van der Waals surface area (Å²) in [4.78, 5) is 66.2. The number of amides is 6. The molecule has 4 fully saturated rings. The Labute approximate surface area is 412 Å². The van der Waals surface area contributed by atoms with E-state index in [1.807, 2.05) is 27.7 Å². The van der Waals surface area contributed by atoms with Crippen molar-refractivity contribution >= 4 is 73.2 Å². The molecule has 0 unspecified atom stereocenters. The summed E-state index contributed by atoms with van der Waals surface area (Å²) >= 11 is 0. The molecule has 2 aromatic rings. The number of urea groups is 2. The van der Waals surface area contributed by atoms with Gasteiger partial charge in [-0.05, 0) is 125 Å². The zero-order valence-electron chi connectivity index (χ0n) is 37.0. The predicted molar refractivity (Wildman–Crippen MR) is 233 cm³/mol. The largest absolute Gasteiger partial charge is 1.00 e. The van der Waals surface area contributed by atoms with Gasteiger partial charge in [-0.3, -0.25) is 45.4 Å². The molecule has 6 amide bonds. The Morgan fingerprint density at radius 3 is 1.25 bits per heavy atom. The predicted octanol–water partition coefficient (Wildman–Crippen LogP) is 1.31. The minimum atomic E-state index is -3.66. The number of nitrogens with one attached hydrogen (secondary N) is 2. The number of hydrogen-bond donors (Lipinski definition) is 3. The van der Waals surface area contributed by atoms with Crippen molar-refractivity contribution in [1.82, 2.24) is 19.2 Å². The van der Waals surface area contributed by atoms with Gasteiger partial charge >= 0.3 is 63.4 Å². The molecule has 4 saturated heterocycles. The first-order chi connectivity index (χ1) is 28.7. The maximum atomic E-state index is 12.7. The van der Waals surface area contributed by atoms with Gasteiger partial charge in [0.2, 0.25) is 20.0 Å². The molecule has 0 aromatic heterocycles. The molecule has 0 saturated carbocycles. The standard InChI is InChI=1S/C21H27N5O4S.C20H25N3O5S.CN.K/c1-14-12-16(26-19(28)24-18(27)20(26,3)4)13-15(2)17(14)6-11-31(29,30)25-9-7-21(22,23-5)8-10-25;1-13-11-15(23-19(26)21-18(25)20(23,3)4)12-14(2)17(13)7-10-29(27,28)22-8-5-16(24)6-9-22;1-2;/h6,11-13H,7-10,22H2,1-4H3,(H,24,27,28);7,10-12H,5-6,8-9H2,1-4H3,(H,21,25,26);;/q;;-1;+1/b11-6+;10-7+;;. The Morgan fingerprint density at radius 2 is 0.968 bits per heavy atom. The van der Waals surface area contributed by atoms with Gasteiger partial charge in [-0.25, -0.2) is 33.0 Å². The van der Waals surface area contributed by atoms with Gasteiger partial charge in [0, 0.05) is 61.2 Å². The smallest absolute Gasteiger partial charge is 0.512 e. The third kappa shape index (κ3) is 11.6. The second-order valence-electron chi connectivity index (χ2n) is 16.5. The number of anilines is 2. The number of carbonyl (C=O) groups is 5. The molecular formula is C42H52KN9O9S2. The van der Waals surface area contributed by atoms with Gasteiger partial charge < -0.3 is 11.8 Å². The number of nitrogens with two attached hydrogens (primary N) is 1. The SMILES string of the molecule is Cc1cc(N2C(=O)NC(=O)C2(C)C)cc(C)c1/C=C/S(=O)(=O)N1CCC(=O)CC1.[C-]#N.[C-]#[N+]C1(N)CCN(S(=O)(=O)/C=C/c2c(C)cc(N3C(=O)NC(=O)C3(C)C)cc2C)CC1.[K+]. The maximum Gasteiger partial charge on any atom is 1.00 e. The second-order valence-corrected chi connectivity index (χ2v) is 20.2. The summed E-state index contributed by atoms with van der Waals surface area (Å²) in [7, 11) is -7.28. The number of benzene rings is 2. The van der Waals surface area contributed by atoms with E-state index >= 15 is 0 Å². The molecule has 21 heteroatoms. The van der Waals surface area contributed by atoms with E-state index in [0.29, 0.717) is 24.2 Å². The zero-order valence-corrected chi connectivity index (χ0v) is 41.8. The van der Waals surface area contributed by atoms with Crippen molar-refractivity contribution < 1.29 is 92.2 Å². The van der Waals surface area contributed by atoms with Gasteiger partial charge in [-0.15, -0.1) is 0 Å². The van der Waals surface area contributed by atoms with Crippen molar-refractivity contribution in [2.24, 2.45) is 5.73 Å². The fourth-order valence-electron chi connectivity index (χ4n) is 7.60. The van der Waals surface area contributed by atoms with Gasteiger partial charge in [0.05, 0.1) is 12.8 Å². The van der Waals surface area contributed by atoms with Gasteiger partial charge in [-0.1, -0.05) is 0 Å². The van der Waals surface area contributed by atoms with Crippen LogP contribution in [0, 0.1) is 46.1 Å². The fraction of sp³-hybridized carbons (Fsp3) is 0.452. The number of nitrogens with zero attached hydrogens (tertiary/aromatic N) is 6. The number of sulfonamides is 2. The van der Waals surface area contributed by atoms with E-state index < -0.39 is 48.8 Å². The second kappa shape index (κ2) is 20.4. The number of Topliss-reactive ketones (excluding diaryl/α,β-unsaturated/α-hetero) is 1. The minimum Gasteiger partial charge on any atom is -0.512 e. The van der Waals surface area contributed by atoms with Gasteiger partial charge in [0.25, 0.3) is 17.5 Å². The van der Waals surface area contributed by atoms with E-state index in [0.717, 1.165) is 38.8 Å². The molecule has 2 aromatic carbocycles. The molecule has 0 bridgehead atoms. The molecule has 4 N–H and O–H groups in total. The van der Waals surface area contributed by atoms with Crippen LogP contribution in [0.25, 0.3) is 17.0 Å². The minimum absolute atomic E-state index is 0. The molecular weight excluding hydrogens is 878 g/mol. The van der Waals surface area contributed by atoms with Crippen LogP contribution in [0.2, 0.25) is 0 Å². The number of ketones is 1.